The highest BCUT2D eigenvalue weighted by atomic mass is 32.1. The van der Waals surface area contributed by atoms with E-state index in [9.17, 15) is 14.4 Å². The van der Waals surface area contributed by atoms with Gasteiger partial charge in [0.2, 0.25) is 0 Å². The van der Waals surface area contributed by atoms with E-state index >= 15 is 0 Å². The van der Waals surface area contributed by atoms with Crippen molar-refractivity contribution >= 4 is 29.2 Å². The van der Waals surface area contributed by atoms with Gasteiger partial charge in [0.15, 0.2) is 5.60 Å². The van der Waals surface area contributed by atoms with Crippen LogP contribution in [0.5, 0.6) is 0 Å². The summed E-state index contributed by atoms with van der Waals surface area (Å²) in [6.45, 7) is 6.25. The number of nitrogens with zero attached hydrogens (tertiary/aromatic N) is 5. The van der Waals surface area contributed by atoms with Crippen molar-refractivity contribution in [1.82, 2.24) is 24.2 Å². The molecule has 1 fully saturated rings. The summed E-state index contributed by atoms with van der Waals surface area (Å²) in [5.74, 6) is -5.02. The van der Waals surface area contributed by atoms with Crippen LogP contribution < -0.4 is 0 Å². The molecule has 1 aliphatic rings. The van der Waals surface area contributed by atoms with Crippen LogP contribution in [-0.4, -0.2) is 74.7 Å². The third-order valence-corrected chi connectivity index (χ3v) is 7.91. The standard InChI is InChI=1S/C22H31N5S.C6H8O7/c1-19-8-9-22(28-19)17-26(12-5-11-25-13-10-23-18-25)15-20-14-24-27(16-20)21-6-3-2-4-7-21;7-3(8)1-6(13,5(11)12)2-4(9)10/h8-10,13-14,16,18,21H,2-7,11-12,15,17H2,1H3;13H,1-2H2,(H,7,8)(H,9,10)(H,11,12). The molecule has 0 saturated heterocycles. The summed E-state index contributed by atoms with van der Waals surface area (Å²) in [6.07, 6.45) is 15.6. The summed E-state index contributed by atoms with van der Waals surface area (Å²) in [6, 6.07) is 5.11. The van der Waals surface area contributed by atoms with E-state index in [1.807, 2.05) is 30.1 Å². The molecule has 1 saturated carbocycles. The Morgan fingerprint density at radius 3 is 2.34 bits per heavy atom. The van der Waals surface area contributed by atoms with E-state index in [-0.39, 0.29) is 0 Å². The highest BCUT2D eigenvalue weighted by Gasteiger charge is 2.40. The first-order valence-corrected chi connectivity index (χ1v) is 14.5. The van der Waals surface area contributed by atoms with E-state index < -0.39 is 36.4 Å². The van der Waals surface area contributed by atoms with Gasteiger partial charge in [-0.05, 0) is 38.3 Å². The van der Waals surface area contributed by atoms with Gasteiger partial charge in [0.1, 0.15) is 0 Å². The van der Waals surface area contributed by atoms with Crippen molar-refractivity contribution < 1.29 is 34.8 Å². The summed E-state index contributed by atoms with van der Waals surface area (Å²) >= 11 is 1.91. The molecule has 13 heteroatoms. The van der Waals surface area contributed by atoms with Crippen molar-refractivity contribution in [2.45, 2.75) is 89.6 Å². The van der Waals surface area contributed by atoms with Crippen molar-refractivity contribution in [2.75, 3.05) is 6.54 Å². The molecule has 4 rings (SSSR count). The number of thiophene rings is 1. The highest BCUT2D eigenvalue weighted by molar-refractivity contribution is 7.11. The Kier molecular flexibility index (Phi) is 12.0. The Labute approximate surface area is 242 Å². The molecule has 4 N–H and O–H groups in total. The van der Waals surface area contributed by atoms with Gasteiger partial charge in [0.05, 0.1) is 31.4 Å². The normalized spacial score (nSPS) is 14.0. The van der Waals surface area contributed by atoms with Crippen LogP contribution in [0.3, 0.4) is 0 Å². The molecule has 0 aliphatic heterocycles. The van der Waals surface area contributed by atoms with Gasteiger partial charge in [-0.25, -0.2) is 9.78 Å². The number of imidazole rings is 1. The van der Waals surface area contributed by atoms with Crippen LogP contribution in [0.2, 0.25) is 0 Å². The molecule has 0 atom stereocenters. The van der Waals surface area contributed by atoms with Crippen LogP contribution in [0.1, 0.15) is 72.7 Å². The fourth-order valence-corrected chi connectivity index (χ4v) is 5.81. The smallest absolute Gasteiger partial charge is 0.336 e. The van der Waals surface area contributed by atoms with Gasteiger partial charge in [-0.3, -0.25) is 19.2 Å². The minimum atomic E-state index is -2.74. The predicted molar refractivity (Wildman–Crippen MR) is 151 cm³/mol. The van der Waals surface area contributed by atoms with Crippen LogP contribution in [0.4, 0.5) is 0 Å². The maximum atomic E-state index is 10.3. The van der Waals surface area contributed by atoms with Crippen molar-refractivity contribution in [3.63, 3.8) is 0 Å². The molecule has 0 spiro atoms. The summed E-state index contributed by atoms with van der Waals surface area (Å²) in [5, 5.41) is 38.5. The number of aryl methyl sites for hydroxylation is 2. The lowest BCUT2D eigenvalue weighted by atomic mass is 9.96. The Hall–Kier alpha value is -3.55. The molecule has 3 aromatic rings. The predicted octanol–water partition coefficient (Wildman–Crippen LogP) is 3.80. The van der Waals surface area contributed by atoms with E-state index in [0.717, 1.165) is 32.6 Å². The fourth-order valence-electron chi connectivity index (χ4n) is 4.88. The number of hydrogen-bond donors (Lipinski definition) is 4. The van der Waals surface area contributed by atoms with E-state index in [1.165, 1.54) is 47.4 Å². The van der Waals surface area contributed by atoms with Crippen LogP contribution >= 0.6 is 11.3 Å². The van der Waals surface area contributed by atoms with E-state index in [0.29, 0.717) is 6.04 Å². The van der Waals surface area contributed by atoms with Gasteiger partial charge in [-0.1, -0.05) is 19.3 Å². The van der Waals surface area contributed by atoms with Crippen LogP contribution in [-0.2, 0) is 34.0 Å². The Balaban J connectivity index is 0.000000302. The zero-order chi connectivity index (χ0) is 29.8. The molecule has 3 heterocycles. The quantitative estimate of drug-likeness (QED) is 0.217. The second kappa shape index (κ2) is 15.5. The zero-order valence-corrected chi connectivity index (χ0v) is 24.1. The van der Waals surface area contributed by atoms with Crippen LogP contribution in [0.15, 0.2) is 43.2 Å². The third kappa shape index (κ3) is 10.7. The Bertz CT molecular complexity index is 1230. The lowest BCUT2D eigenvalue weighted by Crippen LogP contribution is -2.42. The van der Waals surface area contributed by atoms with Gasteiger partial charge in [0.25, 0.3) is 0 Å². The largest absolute Gasteiger partial charge is 0.481 e. The second-order valence-corrected chi connectivity index (χ2v) is 11.8. The van der Waals surface area contributed by atoms with Crippen molar-refractivity contribution in [3.05, 3.63) is 58.6 Å². The van der Waals surface area contributed by atoms with Gasteiger partial charge in [-0.2, -0.15) is 5.10 Å². The minimum Gasteiger partial charge on any atom is -0.481 e. The lowest BCUT2D eigenvalue weighted by Gasteiger charge is -2.22. The number of hydrogen-bond acceptors (Lipinski definition) is 8. The third-order valence-electron chi connectivity index (χ3n) is 6.92. The van der Waals surface area contributed by atoms with Crippen molar-refractivity contribution in [3.8, 4) is 0 Å². The SMILES string of the molecule is Cc1ccc(CN(CCCn2ccnc2)Cc2cnn(C3CCCCC3)c2)s1.O=C(O)CC(O)(CC(=O)O)C(=O)O. The average Bonchev–Trinajstić information content (AvgIpc) is 3.67. The molecule has 0 bridgehead atoms. The van der Waals surface area contributed by atoms with Crippen LogP contribution in [0.25, 0.3) is 0 Å². The van der Waals surface area contributed by atoms with Gasteiger partial charge in [-0.15, -0.1) is 11.3 Å². The van der Waals surface area contributed by atoms with Crippen molar-refractivity contribution in [2.24, 2.45) is 0 Å². The van der Waals surface area contributed by atoms with Crippen LogP contribution in [0, 0.1) is 6.92 Å². The molecule has 12 nitrogen and oxygen atoms in total. The molecular formula is C28H39N5O7S. The van der Waals surface area contributed by atoms with E-state index in [2.05, 4.69) is 50.6 Å². The number of carbonyl (C=O) groups is 3. The molecular weight excluding hydrogens is 550 g/mol. The molecule has 224 valence electrons. The van der Waals surface area contributed by atoms with Gasteiger partial charge >= 0.3 is 17.9 Å². The van der Waals surface area contributed by atoms with E-state index in [1.54, 1.807) is 0 Å². The fraction of sp³-hybridized carbons (Fsp3) is 0.536. The number of carboxylic acids is 3. The summed E-state index contributed by atoms with van der Waals surface area (Å²) < 4.78 is 4.39. The lowest BCUT2D eigenvalue weighted by molar-refractivity contribution is -0.170. The highest BCUT2D eigenvalue weighted by Crippen LogP contribution is 2.28. The molecule has 0 radical (unpaired) electrons. The van der Waals surface area contributed by atoms with Gasteiger partial charge < -0.3 is 25.0 Å². The number of aliphatic hydroxyl groups is 1. The first kappa shape index (κ1) is 32.0. The average molecular weight is 590 g/mol. The number of rotatable bonds is 14. The molecule has 3 aromatic heterocycles. The number of aromatic nitrogens is 4. The summed E-state index contributed by atoms with van der Waals surface area (Å²) in [5.41, 5.74) is -1.40. The maximum Gasteiger partial charge on any atom is 0.336 e. The first-order valence-electron chi connectivity index (χ1n) is 13.7. The Morgan fingerprint density at radius 1 is 1.07 bits per heavy atom. The molecule has 0 unspecified atom stereocenters. The van der Waals surface area contributed by atoms with Crippen molar-refractivity contribution in [1.29, 1.82) is 0 Å². The number of aliphatic carboxylic acids is 3. The molecule has 0 aromatic carbocycles. The zero-order valence-electron chi connectivity index (χ0n) is 23.3. The van der Waals surface area contributed by atoms with Gasteiger partial charge in [0, 0.05) is 60.1 Å². The Morgan fingerprint density at radius 2 is 1.78 bits per heavy atom. The topological polar surface area (TPSA) is 171 Å². The molecule has 0 amide bonds. The van der Waals surface area contributed by atoms with E-state index in [4.69, 9.17) is 25.5 Å². The minimum absolute atomic E-state index is 0.608. The second-order valence-electron chi connectivity index (χ2n) is 10.5. The maximum absolute atomic E-state index is 10.3. The monoisotopic (exact) mass is 589 g/mol. The summed E-state index contributed by atoms with van der Waals surface area (Å²) in [7, 11) is 0. The summed E-state index contributed by atoms with van der Waals surface area (Å²) in [4.78, 5) is 40.0. The number of carboxylic acid groups (broad SMARTS) is 3. The molecule has 41 heavy (non-hydrogen) atoms. The first-order chi connectivity index (χ1) is 19.5. The molecule has 1 aliphatic carbocycles.